The maximum Gasteiger partial charge on any atom is 0.128 e. The summed E-state index contributed by atoms with van der Waals surface area (Å²) in [4.78, 5) is 0.0607. The van der Waals surface area contributed by atoms with Gasteiger partial charge in [-0.25, -0.2) is 4.39 Å². The van der Waals surface area contributed by atoms with Gasteiger partial charge in [-0.3, -0.25) is 0 Å². The van der Waals surface area contributed by atoms with Gasteiger partial charge in [-0.05, 0) is 46.3 Å². The molecule has 1 saturated carbocycles. The second kappa shape index (κ2) is 5.58. The summed E-state index contributed by atoms with van der Waals surface area (Å²) in [5.74, 6) is 0.949. The summed E-state index contributed by atoms with van der Waals surface area (Å²) in [6.07, 6.45) is 3.63. The van der Waals surface area contributed by atoms with E-state index in [1.54, 1.807) is 6.07 Å². The van der Waals surface area contributed by atoms with Gasteiger partial charge in [0.25, 0.3) is 0 Å². The average Bonchev–Trinajstić information content (AvgIpc) is 2.69. The first-order chi connectivity index (χ1) is 8.00. The van der Waals surface area contributed by atoms with Crippen molar-refractivity contribution in [3.8, 4) is 0 Å². The smallest absolute Gasteiger partial charge is 0.128 e. The molecule has 0 bridgehead atoms. The minimum atomic E-state index is -0.192. The van der Waals surface area contributed by atoms with Crippen molar-refractivity contribution in [2.24, 2.45) is 11.8 Å². The van der Waals surface area contributed by atoms with E-state index in [0.29, 0.717) is 26.9 Å². The fraction of sp³-hybridized carbons (Fsp3) is 0.538. The van der Waals surface area contributed by atoms with Crippen molar-refractivity contribution in [1.29, 1.82) is 0 Å². The van der Waals surface area contributed by atoms with E-state index in [4.69, 9.17) is 11.6 Å². The highest BCUT2D eigenvalue weighted by molar-refractivity contribution is 9.10. The molecule has 0 nitrogen and oxygen atoms in total. The summed E-state index contributed by atoms with van der Waals surface area (Å²) in [6, 6.07) is 3.18. The number of hydrogen-bond acceptors (Lipinski definition) is 0. The van der Waals surface area contributed by atoms with Crippen molar-refractivity contribution in [3.05, 3.63) is 33.0 Å². The molecule has 1 aromatic carbocycles. The van der Waals surface area contributed by atoms with Crippen molar-refractivity contribution in [1.82, 2.24) is 0 Å². The van der Waals surface area contributed by atoms with Crippen LogP contribution in [0.2, 0.25) is 5.02 Å². The third kappa shape index (κ3) is 2.87. The Morgan fingerprint density at radius 1 is 1.41 bits per heavy atom. The number of alkyl halides is 1. The van der Waals surface area contributed by atoms with Crippen LogP contribution in [-0.4, -0.2) is 0 Å². The molecule has 1 aliphatic rings. The maximum atomic E-state index is 13.9. The molecule has 2 rings (SSSR count). The largest absolute Gasteiger partial charge is 0.207 e. The highest BCUT2D eigenvalue weighted by atomic mass is 79.9. The minimum Gasteiger partial charge on any atom is -0.207 e. The van der Waals surface area contributed by atoms with Gasteiger partial charge < -0.3 is 0 Å². The normalized spacial score (nSPS) is 26.2. The van der Waals surface area contributed by atoms with Crippen LogP contribution in [0, 0.1) is 17.7 Å². The summed E-state index contributed by atoms with van der Waals surface area (Å²) in [6.45, 7) is 2.24. The molecular formula is C13H14Br2ClF. The maximum absolute atomic E-state index is 13.9. The molecule has 0 heterocycles. The molecule has 1 aromatic rings. The van der Waals surface area contributed by atoms with Crippen LogP contribution in [-0.2, 0) is 0 Å². The average molecular weight is 385 g/mol. The molecule has 3 atom stereocenters. The van der Waals surface area contributed by atoms with E-state index >= 15 is 0 Å². The number of halogens is 4. The Hall–Kier alpha value is 0.400. The Morgan fingerprint density at radius 3 is 2.71 bits per heavy atom. The molecule has 0 aliphatic heterocycles. The Bertz CT molecular complexity index is 422. The SMILES string of the molecule is CC1CCCC1C(Br)c1cc(Cl)c(Br)cc1F. The molecule has 0 radical (unpaired) electrons. The first-order valence-electron chi connectivity index (χ1n) is 5.79. The van der Waals surface area contributed by atoms with Gasteiger partial charge in [-0.15, -0.1) is 0 Å². The Labute approximate surface area is 123 Å². The lowest BCUT2D eigenvalue weighted by molar-refractivity contribution is 0.407. The highest BCUT2D eigenvalue weighted by Gasteiger charge is 2.31. The van der Waals surface area contributed by atoms with E-state index in [0.717, 1.165) is 6.42 Å². The summed E-state index contributed by atoms with van der Waals surface area (Å²) >= 11 is 12.9. The minimum absolute atomic E-state index is 0.0607. The summed E-state index contributed by atoms with van der Waals surface area (Å²) < 4.78 is 14.6. The topological polar surface area (TPSA) is 0 Å². The number of rotatable bonds is 2. The van der Waals surface area contributed by atoms with Crippen LogP contribution in [0.4, 0.5) is 4.39 Å². The fourth-order valence-corrected chi connectivity index (χ4v) is 4.21. The molecule has 1 aliphatic carbocycles. The lowest BCUT2D eigenvalue weighted by Crippen LogP contribution is -2.12. The van der Waals surface area contributed by atoms with Crippen LogP contribution in [0.5, 0.6) is 0 Å². The molecule has 0 spiro atoms. The lowest BCUT2D eigenvalue weighted by Gasteiger charge is -2.23. The Balaban J connectivity index is 2.30. The van der Waals surface area contributed by atoms with Gasteiger partial charge in [-0.1, -0.05) is 47.3 Å². The van der Waals surface area contributed by atoms with E-state index < -0.39 is 0 Å². The van der Waals surface area contributed by atoms with E-state index in [1.165, 1.54) is 18.9 Å². The molecule has 0 saturated heterocycles. The molecule has 94 valence electrons. The van der Waals surface area contributed by atoms with Gasteiger partial charge in [0, 0.05) is 14.9 Å². The zero-order valence-electron chi connectivity index (χ0n) is 9.52. The lowest BCUT2D eigenvalue weighted by atomic mass is 9.90. The van der Waals surface area contributed by atoms with Crippen molar-refractivity contribution in [2.45, 2.75) is 31.0 Å². The monoisotopic (exact) mass is 382 g/mol. The Kier molecular flexibility index (Phi) is 4.54. The zero-order valence-corrected chi connectivity index (χ0v) is 13.4. The fourth-order valence-electron chi connectivity index (χ4n) is 2.59. The molecule has 0 N–H and O–H groups in total. The van der Waals surface area contributed by atoms with Crippen molar-refractivity contribution < 1.29 is 4.39 Å². The van der Waals surface area contributed by atoms with Gasteiger partial charge in [0.05, 0.1) is 5.02 Å². The molecule has 0 aromatic heterocycles. The third-order valence-corrected chi connectivity index (χ3v) is 6.01. The van der Waals surface area contributed by atoms with Crippen molar-refractivity contribution in [3.63, 3.8) is 0 Å². The first-order valence-corrected chi connectivity index (χ1v) is 7.88. The van der Waals surface area contributed by atoms with Gasteiger partial charge in [0.1, 0.15) is 5.82 Å². The van der Waals surface area contributed by atoms with E-state index in [9.17, 15) is 4.39 Å². The molecule has 4 heteroatoms. The third-order valence-electron chi connectivity index (χ3n) is 3.64. The molecule has 1 fully saturated rings. The van der Waals surface area contributed by atoms with Crippen LogP contribution >= 0.6 is 43.5 Å². The standard InChI is InChI=1S/C13H14Br2ClF/c1-7-3-2-4-8(7)13(15)9-5-11(16)10(14)6-12(9)17/h5-8,13H,2-4H2,1H3. The first kappa shape index (κ1) is 13.8. The van der Waals surface area contributed by atoms with Gasteiger partial charge in [-0.2, -0.15) is 0 Å². The molecular weight excluding hydrogens is 370 g/mol. The predicted octanol–water partition coefficient (Wildman–Crippen LogP) is 6.11. The molecule has 3 unspecified atom stereocenters. The van der Waals surface area contributed by atoms with Crippen LogP contribution in [0.3, 0.4) is 0 Å². The van der Waals surface area contributed by atoms with E-state index in [1.807, 2.05) is 0 Å². The van der Waals surface area contributed by atoms with Crippen LogP contribution in [0.1, 0.15) is 36.6 Å². The summed E-state index contributed by atoms with van der Waals surface area (Å²) in [5.41, 5.74) is 0.678. The van der Waals surface area contributed by atoms with Gasteiger partial charge >= 0.3 is 0 Å². The van der Waals surface area contributed by atoms with Gasteiger partial charge in [0.2, 0.25) is 0 Å². The van der Waals surface area contributed by atoms with Gasteiger partial charge in [0.15, 0.2) is 0 Å². The van der Waals surface area contributed by atoms with Crippen molar-refractivity contribution in [2.75, 3.05) is 0 Å². The predicted molar refractivity (Wildman–Crippen MR) is 77.3 cm³/mol. The zero-order chi connectivity index (χ0) is 12.6. The van der Waals surface area contributed by atoms with E-state index in [2.05, 4.69) is 38.8 Å². The second-order valence-electron chi connectivity index (χ2n) is 4.76. The quantitative estimate of drug-likeness (QED) is 0.426. The highest BCUT2D eigenvalue weighted by Crippen LogP contribution is 2.46. The Morgan fingerprint density at radius 2 is 2.12 bits per heavy atom. The van der Waals surface area contributed by atoms with Crippen LogP contribution in [0.15, 0.2) is 16.6 Å². The van der Waals surface area contributed by atoms with E-state index in [-0.39, 0.29) is 10.6 Å². The van der Waals surface area contributed by atoms with Crippen LogP contribution < -0.4 is 0 Å². The summed E-state index contributed by atoms with van der Waals surface area (Å²) in [7, 11) is 0. The number of hydrogen-bond donors (Lipinski definition) is 0. The molecule has 0 amide bonds. The summed E-state index contributed by atoms with van der Waals surface area (Å²) in [5, 5.41) is 0.566. The second-order valence-corrected chi connectivity index (χ2v) is 7.01. The van der Waals surface area contributed by atoms with Crippen molar-refractivity contribution >= 4 is 43.5 Å². The van der Waals surface area contributed by atoms with Crippen LogP contribution in [0.25, 0.3) is 0 Å². The molecule has 17 heavy (non-hydrogen) atoms. The number of benzene rings is 1.